The Bertz CT molecular complexity index is 1610. The summed E-state index contributed by atoms with van der Waals surface area (Å²) < 4.78 is 20.3. The highest BCUT2D eigenvalue weighted by Gasteiger charge is 2.25. The largest absolute Gasteiger partial charge is 0.481 e. The molecule has 42 heavy (non-hydrogen) atoms. The maximum absolute atomic E-state index is 12.9. The molecule has 0 aliphatic carbocycles. The minimum absolute atomic E-state index is 0.0338. The Kier molecular flexibility index (Phi) is 9.85. The van der Waals surface area contributed by atoms with Crippen molar-refractivity contribution >= 4 is 39.6 Å². The number of nitrogens with zero attached hydrogens (tertiary/aromatic N) is 3. The third-order valence-electron chi connectivity index (χ3n) is 6.39. The predicted molar refractivity (Wildman–Crippen MR) is 158 cm³/mol. The number of amides is 4. The zero-order chi connectivity index (χ0) is 30.1. The van der Waals surface area contributed by atoms with Gasteiger partial charge in [0, 0.05) is 72.3 Å². The topological polar surface area (TPSA) is 174 Å². The van der Waals surface area contributed by atoms with E-state index in [1.54, 1.807) is 43.3 Å². The summed E-state index contributed by atoms with van der Waals surface area (Å²) in [4.78, 5) is 53.8. The molecular formula is C29H31N5O7S. The Morgan fingerprint density at radius 3 is 2.57 bits per heavy atom. The molecule has 13 heteroatoms. The highest BCUT2D eigenvalue weighted by Crippen LogP contribution is 2.17. The molecule has 1 fully saturated rings. The van der Waals surface area contributed by atoms with Crippen LogP contribution in [0.1, 0.15) is 50.4 Å². The third kappa shape index (κ3) is 8.35. The van der Waals surface area contributed by atoms with Crippen molar-refractivity contribution in [1.29, 1.82) is 0 Å². The fourth-order valence-electron chi connectivity index (χ4n) is 4.10. The van der Waals surface area contributed by atoms with Gasteiger partial charge in [0.25, 0.3) is 11.8 Å². The van der Waals surface area contributed by atoms with Gasteiger partial charge in [0.1, 0.15) is 0 Å². The predicted octanol–water partition coefficient (Wildman–Crippen LogP) is 3.21. The van der Waals surface area contributed by atoms with Crippen LogP contribution in [0.15, 0.2) is 63.8 Å². The van der Waals surface area contributed by atoms with Crippen LogP contribution in [0.2, 0.25) is 0 Å². The van der Waals surface area contributed by atoms with Crippen molar-refractivity contribution in [2.45, 2.75) is 19.8 Å². The number of nitrogens with one attached hydrogen (secondary N) is 2. The van der Waals surface area contributed by atoms with Crippen LogP contribution in [-0.2, 0) is 14.9 Å². The number of anilines is 1. The lowest BCUT2D eigenvalue weighted by Gasteiger charge is -2.35. The number of hydrogen-bond donors (Lipinski definition) is 5. The Hall–Kier alpha value is -4.80. The van der Waals surface area contributed by atoms with E-state index >= 15 is 0 Å². The lowest BCUT2D eigenvalue weighted by Crippen LogP contribution is -2.50. The van der Waals surface area contributed by atoms with Gasteiger partial charge in [-0.1, -0.05) is 28.0 Å². The quantitative estimate of drug-likeness (QED) is 0.158. The third-order valence-corrected chi connectivity index (χ3v) is 8.78. The first-order valence-electron chi connectivity index (χ1n) is 13.2. The van der Waals surface area contributed by atoms with Gasteiger partial charge in [0.05, 0.1) is 11.8 Å². The van der Waals surface area contributed by atoms with Gasteiger partial charge in [-0.05, 0) is 43.7 Å². The minimum atomic E-state index is -2.95. The Labute approximate surface area is 243 Å². The molecule has 0 atom stereocenters. The minimum Gasteiger partial charge on any atom is -0.481 e. The van der Waals surface area contributed by atoms with Gasteiger partial charge in [-0.3, -0.25) is 19.4 Å². The van der Waals surface area contributed by atoms with E-state index in [0.717, 1.165) is 5.56 Å². The van der Waals surface area contributed by atoms with Gasteiger partial charge in [0.2, 0.25) is 0 Å². The number of aryl methyl sites for hydroxylation is 1. The summed E-state index contributed by atoms with van der Waals surface area (Å²) in [7, 11) is -2.95. The number of rotatable bonds is 7. The van der Waals surface area contributed by atoms with Crippen molar-refractivity contribution in [3.8, 4) is 11.8 Å². The van der Waals surface area contributed by atoms with Crippen LogP contribution in [0, 0.1) is 18.8 Å². The van der Waals surface area contributed by atoms with Crippen LogP contribution in [0.4, 0.5) is 10.5 Å². The second-order valence-corrected chi connectivity index (χ2v) is 12.5. The standard InChI is InChI=1S/C29H31N5O7S/c1-20-9-13-41-26(20)28(38)32-24-5-2-4-21(17-24)7-8-22-16-23(19-30-18-22)27(37)33-42(40)14-11-34(12-15-42)29(39)31-10-3-6-25(35)36/h2,4-5,9,13,16-19,42H,3,6,10-12,14-15H2,1H3,(H,31,39)(H,32,38)(H,35,36)(H,33,37,40). The molecule has 12 nitrogen and oxygen atoms in total. The monoisotopic (exact) mass is 593 g/mol. The van der Waals surface area contributed by atoms with Gasteiger partial charge < -0.3 is 29.6 Å². The number of benzene rings is 1. The van der Waals surface area contributed by atoms with Crippen molar-refractivity contribution < 1.29 is 33.3 Å². The van der Waals surface area contributed by atoms with Gasteiger partial charge in [-0.25, -0.2) is 4.79 Å². The molecule has 1 aliphatic rings. The lowest BCUT2D eigenvalue weighted by atomic mass is 10.1. The first kappa shape index (κ1) is 30.2. The van der Waals surface area contributed by atoms with Crippen LogP contribution in [0.25, 0.3) is 0 Å². The van der Waals surface area contributed by atoms with Gasteiger partial charge in [-0.15, -0.1) is 0 Å². The van der Waals surface area contributed by atoms with Crippen molar-refractivity contribution in [2.24, 2.45) is 4.36 Å². The van der Waals surface area contributed by atoms with Crippen molar-refractivity contribution in [1.82, 2.24) is 15.2 Å². The molecule has 0 unspecified atom stereocenters. The average molecular weight is 594 g/mol. The van der Waals surface area contributed by atoms with E-state index < -0.39 is 22.0 Å². The van der Waals surface area contributed by atoms with Crippen LogP contribution in [0.5, 0.6) is 0 Å². The number of aromatic nitrogens is 1. The molecule has 1 aliphatic heterocycles. The highest BCUT2D eigenvalue weighted by atomic mass is 32.3. The van der Waals surface area contributed by atoms with Crippen molar-refractivity contribution in [3.63, 3.8) is 0 Å². The molecule has 1 saturated heterocycles. The molecule has 0 spiro atoms. The smallest absolute Gasteiger partial charge is 0.317 e. The Morgan fingerprint density at radius 2 is 1.86 bits per heavy atom. The lowest BCUT2D eigenvalue weighted by molar-refractivity contribution is -0.137. The number of carboxylic acids is 1. The summed E-state index contributed by atoms with van der Waals surface area (Å²) in [5.41, 5.74) is 2.55. The van der Waals surface area contributed by atoms with E-state index in [4.69, 9.17) is 9.52 Å². The molecule has 1 aromatic carbocycles. The van der Waals surface area contributed by atoms with Crippen LogP contribution in [-0.4, -0.2) is 74.5 Å². The van der Waals surface area contributed by atoms with Crippen molar-refractivity contribution in [3.05, 3.63) is 83.1 Å². The molecule has 0 saturated carbocycles. The normalized spacial score (nSPS) is 14.6. The first-order valence-corrected chi connectivity index (χ1v) is 15.2. The zero-order valence-electron chi connectivity index (χ0n) is 22.9. The molecule has 2 aromatic heterocycles. The number of urea groups is 1. The summed E-state index contributed by atoms with van der Waals surface area (Å²) in [6.07, 6.45) is 4.61. The summed E-state index contributed by atoms with van der Waals surface area (Å²) in [6.45, 7) is 2.48. The molecular weight excluding hydrogens is 562 g/mol. The van der Waals surface area contributed by atoms with E-state index in [9.17, 15) is 23.7 Å². The molecule has 220 valence electrons. The summed E-state index contributed by atoms with van der Waals surface area (Å²) in [5.74, 6) is 4.65. The van der Waals surface area contributed by atoms with Crippen LogP contribution < -0.4 is 10.6 Å². The first-order chi connectivity index (χ1) is 20.1. The fraction of sp³-hybridized carbons (Fsp3) is 0.276. The number of furan rings is 1. The van der Waals surface area contributed by atoms with E-state index in [1.807, 2.05) is 0 Å². The average Bonchev–Trinajstić information content (AvgIpc) is 3.40. The van der Waals surface area contributed by atoms with Crippen molar-refractivity contribution in [2.75, 3.05) is 36.5 Å². The maximum Gasteiger partial charge on any atom is 0.317 e. The van der Waals surface area contributed by atoms with Gasteiger partial charge >= 0.3 is 12.0 Å². The van der Waals surface area contributed by atoms with Crippen LogP contribution >= 0.6 is 0 Å². The van der Waals surface area contributed by atoms with E-state index in [0.29, 0.717) is 23.2 Å². The highest BCUT2D eigenvalue weighted by molar-refractivity contribution is 8.00. The van der Waals surface area contributed by atoms with Gasteiger partial charge in [0.15, 0.2) is 5.76 Å². The summed E-state index contributed by atoms with van der Waals surface area (Å²) in [5, 5.41) is 14.1. The molecule has 3 heterocycles. The molecule has 0 bridgehead atoms. The number of carboxylic acid groups (broad SMARTS) is 1. The summed E-state index contributed by atoms with van der Waals surface area (Å²) in [6, 6.07) is 9.89. The molecule has 4 rings (SSSR count). The zero-order valence-corrected chi connectivity index (χ0v) is 23.8. The van der Waals surface area contributed by atoms with Gasteiger partial charge in [-0.2, -0.15) is 4.36 Å². The van der Waals surface area contributed by atoms with E-state index in [2.05, 4.69) is 31.8 Å². The Balaban J connectivity index is 1.36. The number of carbonyl (C=O) groups is 4. The molecule has 4 amide bonds. The number of hydrogen-bond acceptors (Lipinski definition) is 6. The molecule has 4 N–H and O–H groups in total. The SMILES string of the molecule is Cc1ccoc1C(=O)Nc1cccc(C#Cc2cncc(C(=O)N=[SH]3(O)CCN(C(=O)NCCCC(=O)O)CC3)c2)c1. The number of thiol groups is 1. The number of aliphatic carboxylic acids is 1. The molecule has 0 radical (unpaired) electrons. The summed E-state index contributed by atoms with van der Waals surface area (Å²) >= 11 is 0. The number of pyridine rings is 1. The number of carbonyl (C=O) groups excluding carboxylic acids is 3. The maximum atomic E-state index is 12.9. The Morgan fingerprint density at radius 1 is 1.10 bits per heavy atom. The van der Waals surface area contributed by atoms with E-state index in [-0.39, 0.29) is 60.8 Å². The molecule has 3 aromatic rings. The second kappa shape index (κ2) is 13.7. The fourth-order valence-corrected chi connectivity index (χ4v) is 6.10. The van der Waals surface area contributed by atoms with Crippen LogP contribution in [0.3, 0.4) is 0 Å². The second-order valence-electron chi connectivity index (χ2n) is 9.63. The van der Waals surface area contributed by atoms with E-state index in [1.165, 1.54) is 23.6 Å².